The number of para-hydroxylation sites is 1. The van der Waals surface area contributed by atoms with Gasteiger partial charge in [-0.2, -0.15) is 0 Å². The Balaban J connectivity index is 1.77. The number of thioether (sulfide) groups is 1. The Hall–Kier alpha value is -2.60. The summed E-state index contributed by atoms with van der Waals surface area (Å²) in [7, 11) is 1.94. The molecule has 1 aromatic heterocycles. The number of aromatic nitrogens is 3. The molecule has 0 spiro atoms. The number of hydrogen-bond donors (Lipinski definition) is 1. The van der Waals surface area contributed by atoms with Crippen molar-refractivity contribution in [1.82, 2.24) is 14.8 Å². The lowest BCUT2D eigenvalue weighted by molar-refractivity contribution is -0.115. The fourth-order valence-electron chi connectivity index (χ4n) is 2.67. The van der Waals surface area contributed by atoms with Gasteiger partial charge in [-0.3, -0.25) is 4.79 Å². The molecule has 1 amide bonds. The van der Waals surface area contributed by atoms with E-state index < -0.39 is 0 Å². The van der Waals surface area contributed by atoms with E-state index in [0.717, 1.165) is 27.8 Å². The molecule has 6 heteroatoms. The molecule has 0 aliphatic heterocycles. The number of rotatable bonds is 6. The van der Waals surface area contributed by atoms with Gasteiger partial charge in [0.1, 0.15) is 0 Å². The largest absolute Gasteiger partial charge is 0.325 e. The van der Waals surface area contributed by atoms with E-state index in [1.54, 1.807) is 0 Å². The lowest BCUT2D eigenvalue weighted by Gasteiger charge is -2.14. The van der Waals surface area contributed by atoms with E-state index in [9.17, 15) is 4.79 Å². The van der Waals surface area contributed by atoms with E-state index >= 15 is 0 Å². The van der Waals surface area contributed by atoms with Crippen LogP contribution in [0.3, 0.4) is 0 Å². The highest BCUT2D eigenvalue weighted by Gasteiger charge is 2.22. The fourth-order valence-corrected chi connectivity index (χ4v) is 3.59. The summed E-state index contributed by atoms with van der Waals surface area (Å²) >= 11 is 1.44. The number of carbonyl (C=O) groups excluding carboxylic acids is 1. The molecule has 1 N–H and O–H groups in total. The molecule has 0 saturated heterocycles. The third-order valence-corrected chi connectivity index (χ3v) is 5.57. The molecule has 26 heavy (non-hydrogen) atoms. The highest BCUT2D eigenvalue weighted by molar-refractivity contribution is 8.00. The molecular formula is C20H22N4OS. The monoisotopic (exact) mass is 366 g/mol. The van der Waals surface area contributed by atoms with E-state index in [0.29, 0.717) is 6.42 Å². The van der Waals surface area contributed by atoms with E-state index in [1.165, 1.54) is 11.8 Å². The van der Waals surface area contributed by atoms with Crippen molar-refractivity contribution in [3.63, 3.8) is 0 Å². The van der Waals surface area contributed by atoms with Crippen LogP contribution in [0, 0.1) is 6.92 Å². The first-order chi connectivity index (χ1) is 12.6. The summed E-state index contributed by atoms with van der Waals surface area (Å²) in [5, 5.41) is 12.1. The number of carbonyl (C=O) groups is 1. The van der Waals surface area contributed by atoms with Crippen LogP contribution in [-0.2, 0) is 11.8 Å². The summed E-state index contributed by atoms with van der Waals surface area (Å²) in [5.74, 6) is 0.785. The maximum Gasteiger partial charge on any atom is 0.237 e. The summed E-state index contributed by atoms with van der Waals surface area (Å²) < 4.78 is 1.95. The minimum atomic E-state index is -0.233. The van der Waals surface area contributed by atoms with Crippen LogP contribution in [0.25, 0.3) is 11.4 Å². The molecule has 0 bridgehead atoms. The first-order valence-electron chi connectivity index (χ1n) is 8.58. The van der Waals surface area contributed by atoms with E-state index in [4.69, 9.17) is 0 Å². The Morgan fingerprint density at radius 1 is 1.12 bits per heavy atom. The molecule has 2 aromatic carbocycles. The predicted octanol–water partition coefficient (Wildman–Crippen LogP) is 4.30. The molecule has 3 aromatic rings. The van der Waals surface area contributed by atoms with Crippen LogP contribution in [0.1, 0.15) is 18.9 Å². The van der Waals surface area contributed by atoms with Gasteiger partial charge in [-0.15, -0.1) is 10.2 Å². The lowest BCUT2D eigenvalue weighted by Crippen LogP contribution is -2.25. The lowest BCUT2D eigenvalue weighted by atomic mass is 10.1. The number of anilines is 1. The molecular weight excluding hydrogens is 344 g/mol. The summed E-state index contributed by atoms with van der Waals surface area (Å²) in [4.78, 5) is 12.6. The molecule has 0 aliphatic rings. The second-order valence-electron chi connectivity index (χ2n) is 6.05. The van der Waals surface area contributed by atoms with Crippen molar-refractivity contribution < 1.29 is 4.79 Å². The van der Waals surface area contributed by atoms with Crippen molar-refractivity contribution >= 4 is 23.4 Å². The Labute approximate surface area is 157 Å². The second-order valence-corrected chi connectivity index (χ2v) is 7.22. The third-order valence-electron chi connectivity index (χ3n) is 4.17. The molecule has 0 aliphatic carbocycles. The van der Waals surface area contributed by atoms with Crippen LogP contribution >= 0.6 is 11.8 Å². The van der Waals surface area contributed by atoms with Crippen LogP contribution in [0.5, 0.6) is 0 Å². The van der Waals surface area contributed by atoms with Crippen molar-refractivity contribution in [3.8, 4) is 11.4 Å². The fraction of sp³-hybridized carbons (Fsp3) is 0.250. The minimum Gasteiger partial charge on any atom is -0.325 e. The SMILES string of the molecule is CC[C@H](Sc1nnc(-c2ccccc2C)n1C)C(=O)Nc1ccccc1. The number of amides is 1. The molecule has 3 rings (SSSR count). The first-order valence-corrected chi connectivity index (χ1v) is 9.46. The molecule has 0 radical (unpaired) electrons. The van der Waals surface area contributed by atoms with Crippen molar-refractivity contribution in [2.24, 2.45) is 7.05 Å². The zero-order valence-corrected chi connectivity index (χ0v) is 16.0. The summed E-state index contributed by atoms with van der Waals surface area (Å²) in [6, 6.07) is 17.6. The number of aryl methyl sites for hydroxylation is 1. The standard InChI is InChI=1S/C20H22N4OS/c1-4-17(19(25)21-15-11-6-5-7-12-15)26-20-23-22-18(24(20)3)16-13-9-8-10-14(16)2/h5-13,17H,4H2,1-3H3,(H,21,25)/t17-/m0/s1. The minimum absolute atomic E-state index is 0.0239. The molecule has 0 saturated carbocycles. The molecule has 5 nitrogen and oxygen atoms in total. The van der Waals surface area contributed by atoms with Crippen molar-refractivity contribution in [2.45, 2.75) is 30.7 Å². The van der Waals surface area contributed by atoms with Crippen LogP contribution < -0.4 is 5.32 Å². The van der Waals surface area contributed by atoms with Gasteiger partial charge >= 0.3 is 0 Å². The number of hydrogen-bond acceptors (Lipinski definition) is 4. The van der Waals surface area contributed by atoms with Gasteiger partial charge in [-0.25, -0.2) is 0 Å². The average Bonchev–Trinajstić information content (AvgIpc) is 3.01. The van der Waals surface area contributed by atoms with Gasteiger partial charge in [0.15, 0.2) is 11.0 Å². The predicted molar refractivity (Wildman–Crippen MR) is 106 cm³/mol. The van der Waals surface area contributed by atoms with Crippen LogP contribution in [-0.4, -0.2) is 25.9 Å². The summed E-state index contributed by atoms with van der Waals surface area (Å²) in [5.41, 5.74) is 3.00. The number of nitrogens with one attached hydrogen (secondary N) is 1. The quantitative estimate of drug-likeness (QED) is 0.661. The third kappa shape index (κ3) is 3.96. The topological polar surface area (TPSA) is 59.8 Å². The molecule has 1 atom stereocenters. The maximum absolute atomic E-state index is 12.6. The first kappa shape index (κ1) is 18.2. The second kappa shape index (κ2) is 8.19. The van der Waals surface area contributed by atoms with Crippen LogP contribution in [0.15, 0.2) is 59.8 Å². The Morgan fingerprint density at radius 3 is 2.50 bits per heavy atom. The summed E-state index contributed by atoms with van der Waals surface area (Å²) in [6.45, 7) is 4.06. The Morgan fingerprint density at radius 2 is 1.81 bits per heavy atom. The maximum atomic E-state index is 12.6. The van der Waals surface area contributed by atoms with Crippen molar-refractivity contribution in [3.05, 3.63) is 60.2 Å². The van der Waals surface area contributed by atoms with E-state index in [-0.39, 0.29) is 11.2 Å². The van der Waals surface area contributed by atoms with Crippen molar-refractivity contribution in [1.29, 1.82) is 0 Å². The summed E-state index contributed by atoms with van der Waals surface area (Å²) in [6.07, 6.45) is 0.704. The van der Waals surface area contributed by atoms with Gasteiger partial charge in [0.05, 0.1) is 5.25 Å². The van der Waals surface area contributed by atoms with Gasteiger partial charge < -0.3 is 9.88 Å². The number of nitrogens with zero attached hydrogens (tertiary/aromatic N) is 3. The Bertz CT molecular complexity index is 892. The molecule has 134 valence electrons. The zero-order valence-electron chi connectivity index (χ0n) is 15.1. The smallest absolute Gasteiger partial charge is 0.237 e. The zero-order chi connectivity index (χ0) is 18.5. The van der Waals surface area contributed by atoms with Gasteiger partial charge in [-0.1, -0.05) is 61.2 Å². The van der Waals surface area contributed by atoms with Gasteiger partial charge in [-0.05, 0) is 31.0 Å². The molecule has 0 unspecified atom stereocenters. The van der Waals surface area contributed by atoms with Crippen LogP contribution in [0.4, 0.5) is 5.69 Å². The van der Waals surface area contributed by atoms with E-state index in [2.05, 4.69) is 28.5 Å². The number of benzene rings is 2. The van der Waals surface area contributed by atoms with Gasteiger partial charge in [0.2, 0.25) is 5.91 Å². The highest BCUT2D eigenvalue weighted by Crippen LogP contribution is 2.29. The Kier molecular flexibility index (Phi) is 5.73. The van der Waals surface area contributed by atoms with Crippen molar-refractivity contribution in [2.75, 3.05) is 5.32 Å². The normalized spacial score (nSPS) is 12.0. The van der Waals surface area contributed by atoms with E-state index in [1.807, 2.05) is 67.1 Å². The average molecular weight is 366 g/mol. The van der Waals surface area contributed by atoms with Crippen LogP contribution in [0.2, 0.25) is 0 Å². The van der Waals surface area contributed by atoms with Gasteiger partial charge in [0.25, 0.3) is 0 Å². The highest BCUT2D eigenvalue weighted by atomic mass is 32.2. The molecule has 0 fully saturated rings. The van der Waals surface area contributed by atoms with Gasteiger partial charge in [0, 0.05) is 18.3 Å². The molecule has 1 heterocycles.